The van der Waals surface area contributed by atoms with Gasteiger partial charge in [0, 0.05) is 0 Å². The molecule has 0 saturated carbocycles. The molecular formula is C16H26N2. The number of nitrogens with two attached hydrogens (primary N) is 1. The second-order valence-electron chi connectivity index (χ2n) is 5.61. The van der Waals surface area contributed by atoms with E-state index in [-0.39, 0.29) is 0 Å². The quantitative estimate of drug-likeness (QED) is 0.865. The van der Waals surface area contributed by atoms with E-state index in [1.165, 1.54) is 56.4 Å². The Labute approximate surface area is 111 Å². The highest BCUT2D eigenvalue weighted by atomic mass is 15.1. The Morgan fingerprint density at radius 1 is 1.28 bits per heavy atom. The van der Waals surface area contributed by atoms with Gasteiger partial charge in [0.2, 0.25) is 0 Å². The van der Waals surface area contributed by atoms with Crippen molar-refractivity contribution in [1.29, 1.82) is 0 Å². The zero-order chi connectivity index (χ0) is 12.8. The SMILES string of the molecule is Cc1cccc(CCCN2CCC(CN)CC2)c1. The normalized spacial score (nSPS) is 18.1. The highest BCUT2D eigenvalue weighted by Crippen LogP contribution is 2.16. The van der Waals surface area contributed by atoms with Crippen LogP contribution >= 0.6 is 0 Å². The summed E-state index contributed by atoms with van der Waals surface area (Å²) in [7, 11) is 0. The lowest BCUT2D eigenvalue weighted by Gasteiger charge is -2.31. The van der Waals surface area contributed by atoms with Crippen LogP contribution in [0.1, 0.15) is 30.4 Å². The van der Waals surface area contributed by atoms with Crippen LogP contribution < -0.4 is 5.73 Å². The number of aryl methyl sites for hydroxylation is 2. The summed E-state index contributed by atoms with van der Waals surface area (Å²) in [5, 5.41) is 0. The lowest BCUT2D eigenvalue weighted by Crippen LogP contribution is -2.36. The van der Waals surface area contributed by atoms with Gasteiger partial charge >= 0.3 is 0 Å². The van der Waals surface area contributed by atoms with Crippen molar-refractivity contribution in [2.45, 2.75) is 32.6 Å². The van der Waals surface area contributed by atoms with E-state index in [1.807, 2.05) is 0 Å². The predicted octanol–water partition coefficient (Wildman–Crippen LogP) is 2.60. The molecular weight excluding hydrogens is 220 g/mol. The molecule has 0 radical (unpaired) electrons. The number of nitrogens with zero attached hydrogens (tertiary/aromatic N) is 1. The molecule has 0 aromatic heterocycles. The van der Waals surface area contributed by atoms with E-state index in [4.69, 9.17) is 5.73 Å². The van der Waals surface area contributed by atoms with Gasteiger partial charge in [0.1, 0.15) is 0 Å². The molecule has 0 aliphatic carbocycles. The average Bonchev–Trinajstić information content (AvgIpc) is 2.40. The van der Waals surface area contributed by atoms with Crippen LogP contribution in [-0.4, -0.2) is 31.1 Å². The summed E-state index contributed by atoms with van der Waals surface area (Å²) in [5.41, 5.74) is 8.57. The Morgan fingerprint density at radius 3 is 2.72 bits per heavy atom. The number of benzene rings is 1. The Kier molecular flexibility index (Phi) is 5.21. The van der Waals surface area contributed by atoms with E-state index in [0.29, 0.717) is 0 Å². The van der Waals surface area contributed by atoms with Gasteiger partial charge in [0.05, 0.1) is 0 Å². The summed E-state index contributed by atoms with van der Waals surface area (Å²) in [5.74, 6) is 0.776. The van der Waals surface area contributed by atoms with Crippen LogP contribution in [0.4, 0.5) is 0 Å². The first-order valence-corrected chi connectivity index (χ1v) is 7.26. The van der Waals surface area contributed by atoms with Crippen molar-refractivity contribution >= 4 is 0 Å². The van der Waals surface area contributed by atoms with Crippen molar-refractivity contribution in [3.8, 4) is 0 Å². The van der Waals surface area contributed by atoms with Crippen molar-refractivity contribution < 1.29 is 0 Å². The number of rotatable bonds is 5. The maximum atomic E-state index is 5.72. The van der Waals surface area contributed by atoms with E-state index < -0.39 is 0 Å². The van der Waals surface area contributed by atoms with Gasteiger partial charge in [-0.2, -0.15) is 0 Å². The fraction of sp³-hybridized carbons (Fsp3) is 0.625. The number of likely N-dealkylation sites (tertiary alicyclic amines) is 1. The molecule has 1 saturated heterocycles. The van der Waals surface area contributed by atoms with Crippen molar-refractivity contribution in [3.63, 3.8) is 0 Å². The first-order chi connectivity index (χ1) is 8.78. The van der Waals surface area contributed by atoms with Crippen molar-refractivity contribution in [1.82, 2.24) is 4.90 Å². The summed E-state index contributed by atoms with van der Waals surface area (Å²) in [6.07, 6.45) is 5.07. The van der Waals surface area contributed by atoms with E-state index >= 15 is 0 Å². The average molecular weight is 246 g/mol. The maximum absolute atomic E-state index is 5.72. The Hall–Kier alpha value is -0.860. The first-order valence-electron chi connectivity index (χ1n) is 7.26. The van der Waals surface area contributed by atoms with Gasteiger partial charge in [0.15, 0.2) is 0 Å². The van der Waals surface area contributed by atoms with E-state index in [0.717, 1.165) is 12.5 Å². The van der Waals surface area contributed by atoms with Gasteiger partial charge in [-0.1, -0.05) is 29.8 Å². The zero-order valence-electron chi connectivity index (χ0n) is 11.6. The lowest BCUT2D eigenvalue weighted by atomic mass is 9.97. The topological polar surface area (TPSA) is 29.3 Å². The second-order valence-corrected chi connectivity index (χ2v) is 5.61. The number of piperidine rings is 1. The monoisotopic (exact) mass is 246 g/mol. The molecule has 2 rings (SSSR count). The minimum Gasteiger partial charge on any atom is -0.330 e. The van der Waals surface area contributed by atoms with Gasteiger partial charge in [0.25, 0.3) is 0 Å². The van der Waals surface area contributed by atoms with Crippen LogP contribution in [-0.2, 0) is 6.42 Å². The smallest absolute Gasteiger partial charge is 0.00156 e. The largest absolute Gasteiger partial charge is 0.330 e. The summed E-state index contributed by atoms with van der Waals surface area (Å²) < 4.78 is 0. The van der Waals surface area contributed by atoms with Crippen LogP contribution in [0.25, 0.3) is 0 Å². The zero-order valence-corrected chi connectivity index (χ0v) is 11.6. The standard InChI is InChI=1S/C16H26N2/c1-14-4-2-5-15(12-14)6-3-9-18-10-7-16(13-17)8-11-18/h2,4-5,12,16H,3,6-11,13,17H2,1H3. The van der Waals surface area contributed by atoms with Gasteiger partial charge in [-0.15, -0.1) is 0 Å². The minimum atomic E-state index is 0.776. The van der Waals surface area contributed by atoms with Gasteiger partial charge in [-0.25, -0.2) is 0 Å². The molecule has 0 unspecified atom stereocenters. The summed E-state index contributed by atoms with van der Waals surface area (Å²) in [6, 6.07) is 8.88. The maximum Gasteiger partial charge on any atom is -0.00156 e. The van der Waals surface area contributed by atoms with Crippen LogP contribution in [0.3, 0.4) is 0 Å². The fourth-order valence-electron chi connectivity index (χ4n) is 2.82. The van der Waals surface area contributed by atoms with Gasteiger partial charge in [-0.3, -0.25) is 0 Å². The number of hydrogen-bond donors (Lipinski definition) is 1. The fourth-order valence-corrected chi connectivity index (χ4v) is 2.82. The van der Waals surface area contributed by atoms with Crippen molar-refractivity contribution in [3.05, 3.63) is 35.4 Å². The summed E-state index contributed by atoms with van der Waals surface area (Å²) >= 11 is 0. The molecule has 2 nitrogen and oxygen atoms in total. The van der Waals surface area contributed by atoms with Gasteiger partial charge in [-0.05, 0) is 70.3 Å². The molecule has 0 amide bonds. The van der Waals surface area contributed by atoms with Gasteiger partial charge < -0.3 is 10.6 Å². The molecule has 100 valence electrons. The minimum absolute atomic E-state index is 0.776. The molecule has 1 aliphatic rings. The van der Waals surface area contributed by atoms with Crippen LogP contribution in [0.15, 0.2) is 24.3 Å². The molecule has 1 fully saturated rings. The molecule has 1 aliphatic heterocycles. The highest BCUT2D eigenvalue weighted by molar-refractivity contribution is 5.22. The van der Waals surface area contributed by atoms with Crippen molar-refractivity contribution in [2.24, 2.45) is 11.7 Å². The molecule has 0 bridgehead atoms. The van der Waals surface area contributed by atoms with Crippen molar-refractivity contribution in [2.75, 3.05) is 26.2 Å². The molecule has 1 heterocycles. The molecule has 2 heteroatoms. The summed E-state index contributed by atoms with van der Waals surface area (Å²) in [4.78, 5) is 2.60. The third-order valence-electron chi connectivity index (χ3n) is 4.06. The van der Waals surface area contributed by atoms with E-state index in [9.17, 15) is 0 Å². The lowest BCUT2D eigenvalue weighted by molar-refractivity contribution is 0.186. The third kappa shape index (κ3) is 4.11. The second kappa shape index (κ2) is 6.91. The Morgan fingerprint density at radius 2 is 2.06 bits per heavy atom. The van der Waals surface area contributed by atoms with Crippen LogP contribution in [0.2, 0.25) is 0 Å². The van der Waals surface area contributed by atoms with Crippen LogP contribution in [0.5, 0.6) is 0 Å². The van der Waals surface area contributed by atoms with E-state index in [1.54, 1.807) is 0 Å². The van der Waals surface area contributed by atoms with E-state index in [2.05, 4.69) is 36.1 Å². The summed E-state index contributed by atoms with van der Waals surface area (Å²) in [6.45, 7) is 6.77. The van der Waals surface area contributed by atoms with Crippen LogP contribution in [0, 0.1) is 12.8 Å². The predicted molar refractivity (Wildman–Crippen MR) is 77.7 cm³/mol. The first kappa shape index (κ1) is 13.6. The molecule has 1 aromatic rings. The molecule has 1 aromatic carbocycles. The third-order valence-corrected chi connectivity index (χ3v) is 4.06. The Balaban J connectivity index is 1.67. The molecule has 0 atom stereocenters. The molecule has 18 heavy (non-hydrogen) atoms. The Bertz CT molecular complexity index is 354. The molecule has 0 spiro atoms. The highest BCUT2D eigenvalue weighted by Gasteiger charge is 2.17. The molecule has 2 N–H and O–H groups in total. The number of hydrogen-bond acceptors (Lipinski definition) is 2.